The third-order valence-electron chi connectivity index (χ3n) is 17.0. The van der Waals surface area contributed by atoms with Gasteiger partial charge in [-0.3, -0.25) is 24.4 Å². The molecule has 0 radical (unpaired) electrons. The number of hydrogen-bond acceptors (Lipinski definition) is 19. The Morgan fingerprint density at radius 1 is 0.935 bits per heavy atom. The second kappa shape index (κ2) is 27.5. The number of hydroxylamine groups is 1. The molecule has 2 aromatic rings. The average Bonchev–Trinajstić information content (AvgIpc) is 3.86. The van der Waals surface area contributed by atoms with E-state index in [2.05, 4.69) is 15.2 Å². The lowest BCUT2D eigenvalue weighted by atomic mass is 9.75. The number of hydrogen-bond donors (Lipinski definition) is 7. The molecule has 4 heterocycles. The highest BCUT2D eigenvalue weighted by molar-refractivity contribution is 5.74. The van der Waals surface area contributed by atoms with Gasteiger partial charge in [0.25, 0.3) is 0 Å². The molecular formula is C56H97N7O14. The van der Waals surface area contributed by atoms with Crippen molar-refractivity contribution in [2.45, 2.75) is 230 Å². The molecule has 1 amide bonds. The number of carbonyl (C=O) groups is 2. The van der Waals surface area contributed by atoms with E-state index in [9.17, 15) is 35.1 Å². The summed E-state index contributed by atoms with van der Waals surface area (Å²) in [5, 5.41) is 78.6. The number of benzene rings is 1. The summed E-state index contributed by atoms with van der Waals surface area (Å²) >= 11 is 0. The number of carbonyl (C=O) groups excluding carboxylic acids is 2. The number of esters is 1. The molecule has 7 N–H and O–H groups in total. The zero-order valence-corrected chi connectivity index (χ0v) is 48.8. The topological polar surface area (TPSA) is 263 Å². The molecule has 1 aromatic carbocycles. The van der Waals surface area contributed by atoms with E-state index in [1.54, 1.807) is 47.0 Å². The number of nitrogens with zero attached hydrogens (tertiary/aromatic N) is 6. The maximum atomic E-state index is 14.7. The van der Waals surface area contributed by atoms with Crippen molar-refractivity contribution in [2.24, 2.45) is 17.8 Å². The van der Waals surface area contributed by atoms with E-state index in [1.807, 2.05) is 93.9 Å². The fourth-order valence-corrected chi connectivity index (χ4v) is 12.2. The molecule has 0 aliphatic carbocycles. The van der Waals surface area contributed by atoms with Crippen molar-refractivity contribution in [2.75, 3.05) is 48.4 Å². The van der Waals surface area contributed by atoms with Crippen molar-refractivity contribution >= 4 is 11.9 Å². The molecule has 0 bridgehead atoms. The van der Waals surface area contributed by atoms with Crippen LogP contribution in [0, 0.1) is 17.8 Å². The van der Waals surface area contributed by atoms with E-state index in [0.29, 0.717) is 38.9 Å². The smallest absolute Gasteiger partial charge is 0.311 e. The van der Waals surface area contributed by atoms with Gasteiger partial charge in [-0.05, 0) is 120 Å². The molecule has 21 heteroatoms. The Kier molecular flexibility index (Phi) is 23.0. The lowest BCUT2D eigenvalue weighted by Crippen LogP contribution is -2.69. The van der Waals surface area contributed by atoms with Crippen LogP contribution in [0.5, 0.6) is 0 Å². The number of rotatable bonds is 19. The van der Waals surface area contributed by atoms with Crippen molar-refractivity contribution < 1.29 is 68.8 Å². The molecule has 18 atom stereocenters. The minimum Gasteiger partial charge on any atom is -0.459 e. The molecule has 1 aromatic heterocycles. The van der Waals surface area contributed by atoms with Gasteiger partial charge in [-0.1, -0.05) is 63.1 Å². The van der Waals surface area contributed by atoms with E-state index >= 15 is 0 Å². The maximum absolute atomic E-state index is 14.7. The Labute approximate surface area is 457 Å². The van der Waals surface area contributed by atoms with Crippen LogP contribution in [0.4, 0.5) is 0 Å². The second-order valence-electron chi connectivity index (χ2n) is 24.0. The molecule has 3 saturated heterocycles. The van der Waals surface area contributed by atoms with Crippen molar-refractivity contribution in [3.63, 3.8) is 0 Å². The number of aliphatic hydroxyl groups excluding tert-OH is 2. The number of methoxy groups -OCH3 is 1. The molecule has 440 valence electrons. The Bertz CT molecular complexity index is 2150. The van der Waals surface area contributed by atoms with Gasteiger partial charge >= 0.3 is 5.97 Å². The second-order valence-corrected chi connectivity index (χ2v) is 24.0. The molecule has 0 spiro atoms. The highest BCUT2D eigenvalue weighted by Crippen LogP contribution is 2.44. The van der Waals surface area contributed by atoms with Gasteiger partial charge in [0.05, 0.1) is 42.1 Å². The molecule has 3 fully saturated rings. The Morgan fingerprint density at radius 2 is 1.60 bits per heavy atom. The Balaban J connectivity index is 1.43. The molecule has 77 heavy (non-hydrogen) atoms. The van der Waals surface area contributed by atoms with Crippen LogP contribution in [-0.2, 0) is 51.1 Å². The number of aromatic nitrogens is 3. The number of cyclic esters (lactones) is 1. The van der Waals surface area contributed by atoms with Gasteiger partial charge in [0, 0.05) is 69.7 Å². The molecule has 3 aliphatic rings. The highest BCUT2D eigenvalue weighted by Gasteiger charge is 2.59. The number of amides is 1. The summed E-state index contributed by atoms with van der Waals surface area (Å²) in [7, 11) is 9.02. The van der Waals surface area contributed by atoms with Gasteiger partial charge in [0.2, 0.25) is 5.91 Å². The van der Waals surface area contributed by atoms with Crippen LogP contribution in [0.25, 0.3) is 11.3 Å². The minimum atomic E-state index is -1.85. The monoisotopic (exact) mass is 1090 g/mol. The molecule has 21 nitrogen and oxygen atoms in total. The predicted octanol–water partition coefficient (Wildman–Crippen LogP) is 4.12. The van der Waals surface area contributed by atoms with Crippen LogP contribution in [0.15, 0.2) is 30.5 Å². The summed E-state index contributed by atoms with van der Waals surface area (Å²) in [5.74, 6) is -3.24. The number of aryl methyl sites for hydroxylation is 1. The number of ether oxygens (including phenoxy) is 6. The average molecular weight is 1090 g/mol. The van der Waals surface area contributed by atoms with E-state index in [0.717, 1.165) is 36.1 Å². The summed E-state index contributed by atoms with van der Waals surface area (Å²) in [5.41, 5.74) is -1.84. The SMILES string of the molecule is CC[C@H]1OC(=O)[C@@H](C)[C@H](O[C@H]2C[C@@](C)(OC)[C@](O)(CN(C)C)[C@H](C)O2)[C@H](C)[C@H](O[C@H]2O[C@@H](C)C[C@@H](N(C)Cc3ccc(-c4cn(CCCCCCC(=O)NO)nn4)cc3)[C@@H]2O)[C@@](C)(O)C[C@H](C)CN(C)[C@@H](C)[C@H](O)[C@@]1(C)O. The summed E-state index contributed by atoms with van der Waals surface area (Å²) < 4.78 is 41.0. The molecule has 5 rings (SSSR count). The Hall–Kier alpha value is -3.26. The van der Waals surface area contributed by atoms with Gasteiger partial charge in [-0.25, -0.2) is 5.48 Å². The van der Waals surface area contributed by atoms with Crippen LogP contribution >= 0.6 is 0 Å². The maximum Gasteiger partial charge on any atom is 0.311 e. The first-order valence-corrected chi connectivity index (χ1v) is 27.9. The lowest BCUT2D eigenvalue weighted by Gasteiger charge is -2.54. The van der Waals surface area contributed by atoms with E-state index in [4.69, 9.17) is 33.6 Å². The van der Waals surface area contributed by atoms with Crippen molar-refractivity contribution in [3.8, 4) is 11.3 Å². The number of aliphatic hydroxyl groups is 5. The quantitative estimate of drug-likeness (QED) is 0.0452. The summed E-state index contributed by atoms with van der Waals surface area (Å²) in [6, 6.07) is 7.02. The van der Waals surface area contributed by atoms with E-state index < -0.39 is 101 Å². The van der Waals surface area contributed by atoms with Gasteiger partial charge in [-0.2, -0.15) is 0 Å². The third kappa shape index (κ3) is 15.8. The van der Waals surface area contributed by atoms with Gasteiger partial charge in [0.1, 0.15) is 40.8 Å². The number of nitrogens with one attached hydrogen (secondary N) is 1. The lowest BCUT2D eigenvalue weighted by molar-refractivity contribution is -0.338. The molecule has 0 saturated carbocycles. The first-order valence-electron chi connectivity index (χ1n) is 27.9. The highest BCUT2D eigenvalue weighted by atomic mass is 16.7. The minimum absolute atomic E-state index is 0.0596. The summed E-state index contributed by atoms with van der Waals surface area (Å²) in [6.07, 6.45) is -2.86. The van der Waals surface area contributed by atoms with Gasteiger partial charge < -0.3 is 63.8 Å². The predicted molar refractivity (Wildman–Crippen MR) is 288 cm³/mol. The molecule has 3 aliphatic heterocycles. The van der Waals surface area contributed by atoms with Crippen LogP contribution < -0.4 is 5.48 Å². The largest absolute Gasteiger partial charge is 0.459 e. The normalized spacial score (nSPS) is 38.3. The third-order valence-corrected chi connectivity index (χ3v) is 17.0. The zero-order chi connectivity index (χ0) is 57.4. The van der Waals surface area contributed by atoms with Crippen LogP contribution in [0.3, 0.4) is 0 Å². The number of likely N-dealkylation sites (N-methyl/N-ethyl adjacent to an activating group) is 3. The van der Waals surface area contributed by atoms with E-state index in [1.165, 1.54) is 14.0 Å². The van der Waals surface area contributed by atoms with Crippen molar-refractivity contribution in [1.82, 2.24) is 35.2 Å². The fraction of sp³-hybridized carbons (Fsp3) is 0.821. The molecule has 0 unspecified atom stereocenters. The summed E-state index contributed by atoms with van der Waals surface area (Å²) in [6.45, 7) is 19.5. The Morgan fingerprint density at radius 3 is 2.22 bits per heavy atom. The van der Waals surface area contributed by atoms with E-state index in [-0.39, 0.29) is 43.7 Å². The first kappa shape index (κ1) is 64.6. The number of unbranched alkanes of at least 4 members (excludes halogenated alkanes) is 3. The molecular weight excluding hydrogens is 995 g/mol. The first-order chi connectivity index (χ1) is 36.0. The van der Waals surface area contributed by atoms with Crippen LogP contribution in [0.1, 0.15) is 133 Å². The van der Waals surface area contributed by atoms with Gasteiger partial charge in [-0.15, -0.1) is 5.10 Å². The summed E-state index contributed by atoms with van der Waals surface area (Å²) in [4.78, 5) is 31.8. The standard InChI is InChI=1S/C56H97N7O14/c1-16-44-55(10,69)49(66)38(6)61(13)30-34(2)28-53(8,68)50(36(4)48(37(5)51(67)75-44)76-46-29-54(9,72-15)56(70,33-60(11)12)39(7)74-46)77-52-47(65)43(27-35(3)73-52)62(14)31-40-22-24-41(25-23-40)42-32-63(59-57-42)26-20-18-17-19-21-45(64)58-71/h22-25,32,34-39,43-44,46-50,52,65-66,68-71H,16-21,26-31,33H2,1-15H3,(H,58,64)/t34-,35-,36-,37-,38-,39-,43+,44+,46-,47-,48+,49-,50-,52+,53-,54+,55-,56-/m0/s1. The fourth-order valence-electron chi connectivity index (χ4n) is 12.2. The van der Waals surface area contributed by atoms with Gasteiger partial charge in [0.15, 0.2) is 12.6 Å². The van der Waals surface area contributed by atoms with Crippen molar-refractivity contribution in [1.29, 1.82) is 0 Å². The zero-order valence-electron chi connectivity index (χ0n) is 48.8. The van der Waals surface area contributed by atoms with Crippen LogP contribution in [-0.4, -0.2) is 210 Å². The van der Waals surface area contributed by atoms with Crippen LogP contribution in [0.2, 0.25) is 0 Å². The van der Waals surface area contributed by atoms with Crippen molar-refractivity contribution in [3.05, 3.63) is 36.0 Å².